The Kier molecular flexibility index (Phi) is 10.9. The maximum Gasteiger partial charge on any atom is 0.240 e. The summed E-state index contributed by atoms with van der Waals surface area (Å²) in [4.78, 5) is 12.2. The first-order valence-electron chi connectivity index (χ1n) is 9.54. The number of carbonyl (C=O) groups is 1. The van der Waals surface area contributed by atoms with Crippen LogP contribution < -0.4 is 15.4 Å². The lowest BCUT2D eigenvalue weighted by atomic mass is 10.1. The first kappa shape index (κ1) is 23.9. The Morgan fingerprint density at radius 2 is 1.67 bits per heavy atom. The average molecular weight is 418 g/mol. The van der Waals surface area contributed by atoms with Crippen LogP contribution in [0.5, 0.6) is 0 Å². The van der Waals surface area contributed by atoms with Crippen molar-refractivity contribution in [1.29, 1.82) is 0 Å². The van der Waals surface area contributed by atoms with Crippen LogP contribution in [0.4, 0.5) is 0 Å². The number of amides is 1. The van der Waals surface area contributed by atoms with Crippen LogP contribution in [0.25, 0.3) is 0 Å². The largest absolute Gasteiger partial charge is 0.355 e. The molecule has 27 heavy (non-hydrogen) atoms. The predicted octanol–water partition coefficient (Wildman–Crippen LogP) is 2.38. The van der Waals surface area contributed by atoms with Crippen LogP contribution in [0.1, 0.15) is 50.5 Å². The van der Waals surface area contributed by atoms with Gasteiger partial charge in [0.05, 0.1) is 4.90 Å². The summed E-state index contributed by atoms with van der Waals surface area (Å²) in [7, 11) is -2.02. The summed E-state index contributed by atoms with van der Waals surface area (Å²) >= 11 is 0. The van der Waals surface area contributed by atoms with E-state index in [0.29, 0.717) is 25.4 Å². The third-order valence-corrected chi connectivity index (χ3v) is 6.31. The van der Waals surface area contributed by atoms with E-state index in [9.17, 15) is 13.2 Å². The van der Waals surface area contributed by atoms with Crippen molar-refractivity contribution in [3.8, 4) is 0 Å². The van der Waals surface area contributed by atoms with Crippen molar-refractivity contribution >= 4 is 28.3 Å². The van der Waals surface area contributed by atoms with Crippen LogP contribution in [0, 0.1) is 0 Å². The molecule has 1 amide bonds. The molecule has 0 bridgehead atoms. The zero-order valence-corrected chi connectivity index (χ0v) is 17.6. The van der Waals surface area contributed by atoms with E-state index >= 15 is 0 Å². The molecule has 2 rings (SSSR count). The average Bonchev–Trinajstić information content (AvgIpc) is 2.93. The highest BCUT2D eigenvalue weighted by molar-refractivity contribution is 7.89. The van der Waals surface area contributed by atoms with Crippen molar-refractivity contribution in [2.24, 2.45) is 0 Å². The molecular weight excluding hydrogens is 386 g/mol. The molecular formula is C19H32ClN3O3S. The van der Waals surface area contributed by atoms with Crippen LogP contribution >= 0.6 is 12.4 Å². The van der Waals surface area contributed by atoms with Gasteiger partial charge in [0.25, 0.3) is 0 Å². The molecule has 0 aromatic heterocycles. The molecule has 3 N–H and O–H groups in total. The van der Waals surface area contributed by atoms with E-state index in [0.717, 1.165) is 12.1 Å². The Hall–Kier alpha value is -1.15. The van der Waals surface area contributed by atoms with Gasteiger partial charge in [0.2, 0.25) is 15.9 Å². The minimum Gasteiger partial charge on any atom is -0.355 e. The second-order valence-corrected chi connectivity index (χ2v) is 8.73. The van der Waals surface area contributed by atoms with Gasteiger partial charge in [-0.05, 0) is 44.0 Å². The highest BCUT2D eigenvalue weighted by Crippen LogP contribution is 2.16. The van der Waals surface area contributed by atoms with Gasteiger partial charge in [-0.3, -0.25) is 4.79 Å². The van der Waals surface area contributed by atoms with Crippen molar-refractivity contribution in [3.63, 3.8) is 0 Å². The molecule has 0 atom stereocenters. The molecule has 8 heteroatoms. The summed E-state index contributed by atoms with van der Waals surface area (Å²) < 4.78 is 25.6. The highest BCUT2D eigenvalue weighted by atomic mass is 35.5. The third kappa shape index (κ3) is 8.60. The van der Waals surface area contributed by atoms with Crippen molar-refractivity contribution < 1.29 is 13.2 Å². The minimum atomic E-state index is -3.41. The molecule has 154 valence electrons. The van der Waals surface area contributed by atoms with E-state index in [1.807, 2.05) is 0 Å². The normalized spacial score (nSPS) is 15.6. The maximum atomic E-state index is 12.0. The lowest BCUT2D eigenvalue weighted by Crippen LogP contribution is -2.36. The Morgan fingerprint density at radius 1 is 1.04 bits per heavy atom. The van der Waals surface area contributed by atoms with E-state index in [4.69, 9.17) is 0 Å². The number of carbonyl (C=O) groups excluding carboxylic acids is 1. The molecule has 0 spiro atoms. The van der Waals surface area contributed by atoms with Crippen molar-refractivity contribution in [2.75, 3.05) is 20.1 Å². The second kappa shape index (κ2) is 12.3. The molecule has 0 aliphatic heterocycles. The highest BCUT2D eigenvalue weighted by Gasteiger charge is 2.12. The monoisotopic (exact) mass is 417 g/mol. The Morgan fingerprint density at radius 3 is 2.26 bits per heavy atom. The number of rotatable bonds is 9. The van der Waals surface area contributed by atoms with E-state index in [-0.39, 0.29) is 23.2 Å². The molecule has 0 heterocycles. The summed E-state index contributed by atoms with van der Waals surface area (Å²) in [6.45, 7) is 1.46. The fourth-order valence-electron chi connectivity index (χ4n) is 3.26. The summed E-state index contributed by atoms with van der Waals surface area (Å²) in [5.74, 6) is 0.0274. The molecule has 0 radical (unpaired) electrons. The van der Waals surface area contributed by atoms with Gasteiger partial charge in [0.15, 0.2) is 0 Å². The summed E-state index contributed by atoms with van der Waals surface area (Å²) in [6.07, 6.45) is 8.79. The van der Waals surface area contributed by atoms with Crippen LogP contribution in [-0.2, 0) is 21.2 Å². The number of sulfonamides is 1. The number of benzene rings is 1. The Balaban J connectivity index is 0.00000364. The number of halogens is 1. The molecule has 1 aliphatic rings. The molecule has 6 nitrogen and oxygen atoms in total. The number of nitrogens with one attached hydrogen (secondary N) is 3. The van der Waals surface area contributed by atoms with Gasteiger partial charge in [-0.25, -0.2) is 13.1 Å². The van der Waals surface area contributed by atoms with Gasteiger partial charge in [-0.2, -0.15) is 0 Å². The van der Waals surface area contributed by atoms with Gasteiger partial charge in [-0.1, -0.05) is 37.8 Å². The maximum absolute atomic E-state index is 12.0. The van der Waals surface area contributed by atoms with Crippen molar-refractivity contribution in [1.82, 2.24) is 15.4 Å². The van der Waals surface area contributed by atoms with Crippen LogP contribution in [0.3, 0.4) is 0 Å². The fraction of sp³-hybridized carbons (Fsp3) is 0.632. The lowest BCUT2D eigenvalue weighted by molar-refractivity contribution is -0.121. The van der Waals surface area contributed by atoms with E-state index in [1.165, 1.54) is 45.6 Å². The lowest BCUT2D eigenvalue weighted by Gasteiger charge is -2.16. The van der Waals surface area contributed by atoms with Gasteiger partial charge in [0, 0.05) is 25.6 Å². The second-order valence-electron chi connectivity index (χ2n) is 6.84. The van der Waals surface area contributed by atoms with Gasteiger partial charge in [0.1, 0.15) is 0 Å². The molecule has 1 saturated carbocycles. The molecule has 0 saturated heterocycles. The molecule has 1 aliphatic carbocycles. The minimum absolute atomic E-state index is 0. The summed E-state index contributed by atoms with van der Waals surface area (Å²) in [6, 6.07) is 7.24. The third-order valence-electron chi connectivity index (χ3n) is 4.88. The zero-order valence-electron chi connectivity index (χ0n) is 16.0. The number of aryl methyl sites for hydroxylation is 1. The van der Waals surface area contributed by atoms with Crippen LogP contribution in [0.2, 0.25) is 0 Å². The van der Waals surface area contributed by atoms with E-state index < -0.39 is 10.0 Å². The quantitative estimate of drug-likeness (QED) is 0.425. The first-order valence-corrected chi connectivity index (χ1v) is 11.0. The molecule has 0 unspecified atom stereocenters. The standard InChI is InChI=1S/C19H31N3O3S.ClH/c1-20-26(24,25)18-11-8-16(9-12-18)10-13-19(23)22-15-14-21-17-6-4-2-3-5-7-17;/h8-9,11-12,17,20-21H,2-7,10,13-15H2,1H3,(H,22,23);1H. The van der Waals surface area contributed by atoms with E-state index in [1.54, 1.807) is 24.3 Å². The first-order chi connectivity index (χ1) is 12.5. The Labute approximate surface area is 169 Å². The van der Waals surface area contributed by atoms with Crippen molar-refractivity contribution in [2.45, 2.75) is 62.3 Å². The molecule has 1 fully saturated rings. The van der Waals surface area contributed by atoms with Crippen molar-refractivity contribution in [3.05, 3.63) is 29.8 Å². The summed E-state index contributed by atoms with van der Waals surface area (Å²) in [5, 5.41) is 6.48. The Bertz CT molecular complexity index is 657. The number of hydrogen-bond acceptors (Lipinski definition) is 4. The number of hydrogen-bond donors (Lipinski definition) is 3. The van der Waals surface area contributed by atoms with Gasteiger partial charge in [-0.15, -0.1) is 12.4 Å². The smallest absolute Gasteiger partial charge is 0.240 e. The van der Waals surface area contributed by atoms with Gasteiger partial charge >= 0.3 is 0 Å². The summed E-state index contributed by atoms with van der Waals surface area (Å²) in [5.41, 5.74) is 0.951. The molecule has 1 aromatic carbocycles. The van der Waals surface area contributed by atoms with E-state index in [2.05, 4.69) is 15.4 Å². The van der Waals surface area contributed by atoms with Crippen LogP contribution in [-0.4, -0.2) is 40.5 Å². The SMILES string of the molecule is CNS(=O)(=O)c1ccc(CCC(=O)NCCNC2CCCCCC2)cc1.Cl. The fourth-order valence-corrected chi connectivity index (χ4v) is 3.99. The predicted molar refractivity (Wildman–Crippen MR) is 111 cm³/mol. The van der Waals surface area contributed by atoms with Crippen LogP contribution in [0.15, 0.2) is 29.2 Å². The topological polar surface area (TPSA) is 87.3 Å². The van der Waals surface area contributed by atoms with Gasteiger partial charge < -0.3 is 10.6 Å². The zero-order chi connectivity index (χ0) is 18.8. The molecule has 1 aromatic rings.